The van der Waals surface area contributed by atoms with E-state index >= 15 is 0 Å². The van der Waals surface area contributed by atoms with Crippen LogP contribution in [0.2, 0.25) is 0 Å². The second kappa shape index (κ2) is 9.29. The van der Waals surface area contributed by atoms with Crippen molar-refractivity contribution in [3.05, 3.63) is 50.1 Å². The molecule has 2 amide bonds. The Morgan fingerprint density at radius 1 is 0.964 bits per heavy atom. The van der Waals surface area contributed by atoms with Gasteiger partial charge in [-0.15, -0.1) is 0 Å². The maximum Gasteiger partial charge on any atom is 0.226 e. The standard InChI is InChI=1S/C18H25N7O3/c1-2-16(26)23-13-24(17(27)3-7-21-9-5-19-11-21)15-25(14-23)18(28)4-8-22-10-6-20-12-22/h2,5-6,9-12,16,26H,1,3-4,7-8,13-15H2. The van der Waals surface area contributed by atoms with Gasteiger partial charge in [-0.05, 0) is 6.08 Å². The molecule has 0 bridgehead atoms. The number of carbonyl (C=O) groups excluding carboxylic acids is 2. The van der Waals surface area contributed by atoms with Gasteiger partial charge in [0, 0.05) is 50.7 Å². The molecule has 150 valence electrons. The summed E-state index contributed by atoms with van der Waals surface area (Å²) in [6.45, 7) is 5.29. The molecule has 1 unspecified atom stereocenters. The van der Waals surface area contributed by atoms with Crippen LogP contribution < -0.4 is 0 Å². The number of aliphatic hydroxyl groups excluding tert-OH is 1. The van der Waals surface area contributed by atoms with Gasteiger partial charge in [-0.1, -0.05) is 6.58 Å². The number of aryl methyl sites for hydroxylation is 2. The lowest BCUT2D eigenvalue weighted by Gasteiger charge is -2.43. The third-order valence-corrected chi connectivity index (χ3v) is 4.62. The summed E-state index contributed by atoms with van der Waals surface area (Å²) in [5.74, 6) is -0.191. The van der Waals surface area contributed by atoms with Crippen LogP contribution in [-0.2, 0) is 22.7 Å². The number of hydrogen-bond acceptors (Lipinski definition) is 6. The minimum absolute atomic E-state index is 0.0953. The molecule has 1 saturated heterocycles. The molecule has 10 heteroatoms. The number of carbonyl (C=O) groups is 2. The molecule has 1 aliphatic rings. The van der Waals surface area contributed by atoms with Crippen molar-refractivity contribution in [2.24, 2.45) is 0 Å². The molecule has 3 heterocycles. The number of nitrogens with zero attached hydrogens (tertiary/aromatic N) is 7. The maximum absolute atomic E-state index is 12.7. The van der Waals surface area contributed by atoms with E-state index in [2.05, 4.69) is 16.5 Å². The average molecular weight is 387 g/mol. The van der Waals surface area contributed by atoms with Gasteiger partial charge in [0.25, 0.3) is 0 Å². The maximum atomic E-state index is 12.7. The van der Waals surface area contributed by atoms with Gasteiger partial charge in [0.2, 0.25) is 11.8 Å². The highest BCUT2D eigenvalue weighted by Crippen LogP contribution is 2.14. The molecule has 1 aliphatic heterocycles. The van der Waals surface area contributed by atoms with Gasteiger partial charge in [-0.3, -0.25) is 9.59 Å². The van der Waals surface area contributed by atoms with E-state index in [1.54, 1.807) is 52.1 Å². The minimum Gasteiger partial charge on any atom is -0.375 e. The zero-order valence-corrected chi connectivity index (χ0v) is 15.7. The van der Waals surface area contributed by atoms with Gasteiger partial charge in [-0.2, -0.15) is 0 Å². The van der Waals surface area contributed by atoms with Gasteiger partial charge < -0.3 is 24.0 Å². The minimum atomic E-state index is -0.937. The summed E-state index contributed by atoms with van der Waals surface area (Å²) in [7, 11) is 0. The monoisotopic (exact) mass is 387 g/mol. The fraction of sp³-hybridized carbons (Fsp3) is 0.444. The highest BCUT2D eigenvalue weighted by atomic mass is 16.3. The Bertz CT molecular complexity index is 717. The summed E-state index contributed by atoms with van der Waals surface area (Å²) in [6, 6.07) is 0. The summed E-state index contributed by atoms with van der Waals surface area (Å²) in [5, 5.41) is 10.1. The molecule has 1 N–H and O–H groups in total. The van der Waals surface area contributed by atoms with Gasteiger partial charge in [0.15, 0.2) is 0 Å². The van der Waals surface area contributed by atoms with Crippen molar-refractivity contribution in [2.45, 2.75) is 32.2 Å². The average Bonchev–Trinajstić information content (AvgIpc) is 3.43. The summed E-state index contributed by atoms with van der Waals surface area (Å²) in [4.78, 5) is 38.0. The van der Waals surface area contributed by atoms with Crippen molar-refractivity contribution < 1.29 is 14.7 Å². The van der Waals surface area contributed by atoms with Crippen LogP contribution in [0.5, 0.6) is 0 Å². The Balaban J connectivity index is 1.61. The van der Waals surface area contributed by atoms with Gasteiger partial charge in [0.05, 0.1) is 32.7 Å². The first-order valence-corrected chi connectivity index (χ1v) is 9.08. The molecule has 0 aromatic carbocycles. The molecule has 3 rings (SSSR count). The van der Waals surface area contributed by atoms with Crippen molar-refractivity contribution in [3.8, 4) is 0 Å². The lowest BCUT2D eigenvalue weighted by Crippen LogP contribution is -2.60. The summed E-state index contributed by atoms with van der Waals surface area (Å²) >= 11 is 0. The van der Waals surface area contributed by atoms with Crippen molar-refractivity contribution >= 4 is 11.8 Å². The molecule has 2 aromatic heterocycles. The predicted molar refractivity (Wildman–Crippen MR) is 100 cm³/mol. The van der Waals surface area contributed by atoms with E-state index in [1.807, 2.05) is 9.13 Å². The summed E-state index contributed by atoms with van der Waals surface area (Å²) in [6.07, 6.45) is 11.2. The molecule has 2 aromatic rings. The Morgan fingerprint density at radius 2 is 1.46 bits per heavy atom. The van der Waals surface area contributed by atoms with E-state index in [0.29, 0.717) is 13.1 Å². The lowest BCUT2D eigenvalue weighted by atomic mass is 10.3. The van der Waals surface area contributed by atoms with Crippen LogP contribution in [0, 0.1) is 0 Å². The van der Waals surface area contributed by atoms with E-state index < -0.39 is 6.23 Å². The topological polar surface area (TPSA) is 99.7 Å². The summed E-state index contributed by atoms with van der Waals surface area (Å²) in [5.41, 5.74) is 0. The van der Waals surface area contributed by atoms with Crippen LogP contribution in [0.25, 0.3) is 0 Å². The fourth-order valence-corrected chi connectivity index (χ4v) is 3.01. The molecule has 1 fully saturated rings. The Hall–Kier alpha value is -2.98. The number of amides is 2. The Labute approximate surface area is 163 Å². The van der Waals surface area contributed by atoms with Crippen LogP contribution in [0.15, 0.2) is 50.1 Å². The molecule has 1 atom stereocenters. The van der Waals surface area contributed by atoms with Crippen molar-refractivity contribution in [1.29, 1.82) is 0 Å². The number of imidazole rings is 2. The molecular formula is C18H25N7O3. The summed E-state index contributed by atoms with van der Waals surface area (Å²) < 4.78 is 3.65. The number of aliphatic hydroxyl groups is 1. The molecule has 10 nitrogen and oxygen atoms in total. The highest BCUT2D eigenvalue weighted by molar-refractivity contribution is 5.79. The third-order valence-electron chi connectivity index (χ3n) is 4.62. The predicted octanol–water partition coefficient (Wildman–Crippen LogP) is -0.0903. The van der Waals surface area contributed by atoms with Crippen LogP contribution in [0.3, 0.4) is 0 Å². The molecule has 0 radical (unpaired) electrons. The van der Waals surface area contributed by atoms with E-state index in [9.17, 15) is 14.7 Å². The molecule has 0 saturated carbocycles. The number of aromatic nitrogens is 4. The van der Waals surface area contributed by atoms with E-state index in [0.717, 1.165) is 0 Å². The van der Waals surface area contributed by atoms with Crippen molar-refractivity contribution in [3.63, 3.8) is 0 Å². The van der Waals surface area contributed by atoms with E-state index in [1.165, 1.54) is 6.08 Å². The van der Waals surface area contributed by atoms with Crippen LogP contribution in [-0.4, -0.2) is 77.0 Å². The van der Waals surface area contributed by atoms with E-state index in [4.69, 9.17) is 0 Å². The van der Waals surface area contributed by atoms with Crippen molar-refractivity contribution in [2.75, 3.05) is 20.0 Å². The van der Waals surface area contributed by atoms with Crippen molar-refractivity contribution in [1.82, 2.24) is 33.8 Å². The highest BCUT2D eigenvalue weighted by Gasteiger charge is 2.31. The molecule has 28 heavy (non-hydrogen) atoms. The van der Waals surface area contributed by atoms with Crippen LogP contribution >= 0.6 is 0 Å². The van der Waals surface area contributed by atoms with Gasteiger partial charge >= 0.3 is 0 Å². The normalized spacial score (nSPS) is 16.2. The quantitative estimate of drug-likeness (QED) is 0.636. The van der Waals surface area contributed by atoms with Gasteiger partial charge in [-0.25, -0.2) is 14.9 Å². The lowest BCUT2D eigenvalue weighted by molar-refractivity contribution is -0.159. The molecule has 0 spiro atoms. The Kier molecular flexibility index (Phi) is 6.56. The number of rotatable bonds is 8. The second-order valence-electron chi connectivity index (χ2n) is 6.63. The van der Waals surface area contributed by atoms with E-state index in [-0.39, 0.29) is 44.7 Å². The first-order chi connectivity index (χ1) is 13.6. The first kappa shape index (κ1) is 19.8. The Morgan fingerprint density at radius 3 is 1.86 bits per heavy atom. The zero-order valence-electron chi connectivity index (χ0n) is 15.7. The molecule has 0 aliphatic carbocycles. The smallest absolute Gasteiger partial charge is 0.226 e. The third kappa shape index (κ3) is 5.05. The second-order valence-corrected chi connectivity index (χ2v) is 6.63. The van der Waals surface area contributed by atoms with Crippen LogP contribution in [0.1, 0.15) is 12.8 Å². The largest absolute Gasteiger partial charge is 0.375 e. The number of hydrogen-bond donors (Lipinski definition) is 1. The zero-order chi connectivity index (χ0) is 19.9. The first-order valence-electron chi connectivity index (χ1n) is 9.08. The van der Waals surface area contributed by atoms with Crippen LogP contribution in [0.4, 0.5) is 0 Å². The van der Waals surface area contributed by atoms with Gasteiger partial charge in [0.1, 0.15) is 6.23 Å². The SMILES string of the molecule is C=CC(O)N1CN(C(=O)CCn2ccnc2)CN(C(=O)CCn2ccnc2)C1. The fourth-order valence-electron chi connectivity index (χ4n) is 3.01. The molecular weight excluding hydrogens is 362 g/mol.